The van der Waals surface area contributed by atoms with Crippen LogP contribution in [-0.4, -0.2) is 11.1 Å². The van der Waals surface area contributed by atoms with Crippen molar-refractivity contribution >= 4 is 12.0 Å². The molecule has 1 N–H and O–H groups in total. The second-order valence-corrected chi connectivity index (χ2v) is 4.13. The van der Waals surface area contributed by atoms with E-state index < -0.39 is 5.97 Å². The first kappa shape index (κ1) is 12.1. The Kier molecular flexibility index (Phi) is 3.28. The summed E-state index contributed by atoms with van der Waals surface area (Å²) < 4.78 is 0. The van der Waals surface area contributed by atoms with Gasteiger partial charge in [0.05, 0.1) is 5.56 Å². The standard InChI is InChI=1S/C16H14O2/c1-3-12-6-4-5-7-14(12)15-10-13(16(17)18)9-8-11(15)2/h3-10H,1H2,2H3,(H,17,18). The molecule has 0 aromatic heterocycles. The fourth-order valence-corrected chi connectivity index (χ4v) is 1.97. The maximum absolute atomic E-state index is 11.0. The molecule has 2 nitrogen and oxygen atoms in total. The van der Waals surface area contributed by atoms with E-state index in [9.17, 15) is 4.79 Å². The van der Waals surface area contributed by atoms with Gasteiger partial charge in [0.15, 0.2) is 0 Å². The molecular weight excluding hydrogens is 224 g/mol. The van der Waals surface area contributed by atoms with Crippen LogP contribution >= 0.6 is 0 Å². The molecule has 0 atom stereocenters. The smallest absolute Gasteiger partial charge is 0.335 e. The van der Waals surface area contributed by atoms with Crippen LogP contribution in [0.5, 0.6) is 0 Å². The van der Waals surface area contributed by atoms with Crippen molar-refractivity contribution in [3.8, 4) is 11.1 Å². The Morgan fingerprint density at radius 2 is 1.89 bits per heavy atom. The normalized spacial score (nSPS) is 10.1. The van der Waals surface area contributed by atoms with Crippen LogP contribution in [0.4, 0.5) is 0 Å². The lowest BCUT2D eigenvalue weighted by atomic mass is 9.94. The molecule has 0 spiro atoms. The highest BCUT2D eigenvalue weighted by Crippen LogP contribution is 2.28. The fraction of sp³-hybridized carbons (Fsp3) is 0.0625. The second kappa shape index (κ2) is 4.88. The third-order valence-electron chi connectivity index (χ3n) is 2.96. The van der Waals surface area contributed by atoms with Crippen LogP contribution in [-0.2, 0) is 0 Å². The van der Waals surface area contributed by atoms with Gasteiger partial charge in [0, 0.05) is 0 Å². The van der Waals surface area contributed by atoms with Crippen LogP contribution in [0, 0.1) is 6.92 Å². The quantitative estimate of drug-likeness (QED) is 0.877. The zero-order valence-corrected chi connectivity index (χ0v) is 10.2. The summed E-state index contributed by atoms with van der Waals surface area (Å²) >= 11 is 0. The first-order chi connectivity index (χ1) is 8.63. The van der Waals surface area contributed by atoms with Crippen LogP contribution in [0.25, 0.3) is 17.2 Å². The Hall–Kier alpha value is -2.35. The lowest BCUT2D eigenvalue weighted by Gasteiger charge is -2.10. The Bertz CT molecular complexity index is 612. The molecule has 0 fully saturated rings. The molecule has 18 heavy (non-hydrogen) atoms. The van der Waals surface area contributed by atoms with Gasteiger partial charge in [-0.25, -0.2) is 4.79 Å². The molecule has 0 aliphatic rings. The van der Waals surface area contributed by atoms with Gasteiger partial charge in [-0.05, 0) is 41.3 Å². The van der Waals surface area contributed by atoms with Crippen molar-refractivity contribution in [3.05, 3.63) is 65.7 Å². The average Bonchev–Trinajstić information content (AvgIpc) is 2.39. The first-order valence-electron chi connectivity index (χ1n) is 5.69. The number of carboxylic acids is 1. The van der Waals surface area contributed by atoms with Gasteiger partial charge >= 0.3 is 5.97 Å². The summed E-state index contributed by atoms with van der Waals surface area (Å²) in [5, 5.41) is 9.05. The number of hydrogen-bond donors (Lipinski definition) is 1. The molecule has 90 valence electrons. The number of hydrogen-bond acceptors (Lipinski definition) is 1. The SMILES string of the molecule is C=Cc1ccccc1-c1cc(C(=O)O)ccc1C. The molecule has 0 aliphatic heterocycles. The van der Waals surface area contributed by atoms with Crippen molar-refractivity contribution < 1.29 is 9.90 Å². The van der Waals surface area contributed by atoms with Gasteiger partial charge in [-0.1, -0.05) is 43.0 Å². The maximum Gasteiger partial charge on any atom is 0.335 e. The highest BCUT2D eigenvalue weighted by Gasteiger charge is 2.09. The second-order valence-electron chi connectivity index (χ2n) is 4.13. The molecule has 2 rings (SSSR count). The van der Waals surface area contributed by atoms with E-state index in [1.54, 1.807) is 18.2 Å². The van der Waals surface area contributed by atoms with Crippen molar-refractivity contribution in [2.45, 2.75) is 6.92 Å². The van der Waals surface area contributed by atoms with Gasteiger partial charge in [0.2, 0.25) is 0 Å². The highest BCUT2D eigenvalue weighted by molar-refractivity contribution is 5.90. The molecule has 0 unspecified atom stereocenters. The lowest BCUT2D eigenvalue weighted by Crippen LogP contribution is -1.97. The fourth-order valence-electron chi connectivity index (χ4n) is 1.97. The van der Waals surface area contributed by atoms with Gasteiger partial charge in [-0.15, -0.1) is 0 Å². The van der Waals surface area contributed by atoms with Crippen LogP contribution in [0.3, 0.4) is 0 Å². The summed E-state index contributed by atoms with van der Waals surface area (Å²) in [6.07, 6.45) is 1.78. The molecule has 0 saturated carbocycles. The van der Waals surface area contributed by atoms with E-state index in [4.69, 9.17) is 5.11 Å². The van der Waals surface area contributed by atoms with Crippen molar-refractivity contribution in [1.82, 2.24) is 0 Å². The Labute approximate surface area is 106 Å². The number of rotatable bonds is 3. The number of carboxylic acid groups (broad SMARTS) is 1. The predicted molar refractivity (Wildman–Crippen MR) is 73.7 cm³/mol. The number of carbonyl (C=O) groups is 1. The largest absolute Gasteiger partial charge is 0.478 e. The molecular formula is C16H14O2. The summed E-state index contributed by atoms with van der Waals surface area (Å²) in [4.78, 5) is 11.0. The van der Waals surface area contributed by atoms with Crippen molar-refractivity contribution in [3.63, 3.8) is 0 Å². The third-order valence-corrected chi connectivity index (χ3v) is 2.96. The Morgan fingerprint density at radius 3 is 2.56 bits per heavy atom. The van der Waals surface area contributed by atoms with Crippen molar-refractivity contribution in [2.75, 3.05) is 0 Å². The van der Waals surface area contributed by atoms with Crippen LogP contribution in [0.2, 0.25) is 0 Å². The minimum Gasteiger partial charge on any atom is -0.478 e. The van der Waals surface area contributed by atoms with E-state index in [1.807, 2.05) is 37.3 Å². The Morgan fingerprint density at radius 1 is 1.17 bits per heavy atom. The highest BCUT2D eigenvalue weighted by atomic mass is 16.4. The molecule has 0 aliphatic carbocycles. The molecule has 0 heterocycles. The van der Waals surface area contributed by atoms with E-state index in [1.165, 1.54) is 0 Å². The molecule has 2 heteroatoms. The Balaban J connectivity index is 2.66. The third kappa shape index (κ3) is 2.18. The van der Waals surface area contributed by atoms with Crippen molar-refractivity contribution in [2.24, 2.45) is 0 Å². The monoisotopic (exact) mass is 238 g/mol. The van der Waals surface area contributed by atoms with Gasteiger partial charge in [-0.3, -0.25) is 0 Å². The molecule has 0 bridgehead atoms. The topological polar surface area (TPSA) is 37.3 Å². The van der Waals surface area contributed by atoms with Crippen LogP contribution in [0.1, 0.15) is 21.5 Å². The van der Waals surface area contributed by atoms with Gasteiger partial charge in [-0.2, -0.15) is 0 Å². The van der Waals surface area contributed by atoms with E-state index in [2.05, 4.69) is 6.58 Å². The summed E-state index contributed by atoms with van der Waals surface area (Å²) in [6, 6.07) is 13.0. The number of aryl methyl sites for hydroxylation is 1. The zero-order valence-electron chi connectivity index (χ0n) is 10.2. The van der Waals surface area contributed by atoms with E-state index in [0.717, 1.165) is 22.3 Å². The van der Waals surface area contributed by atoms with Gasteiger partial charge in [0.25, 0.3) is 0 Å². The number of aromatic carboxylic acids is 1. The van der Waals surface area contributed by atoms with Gasteiger partial charge in [0.1, 0.15) is 0 Å². The van der Waals surface area contributed by atoms with Crippen LogP contribution in [0.15, 0.2) is 49.0 Å². The molecule has 0 saturated heterocycles. The van der Waals surface area contributed by atoms with E-state index in [-0.39, 0.29) is 0 Å². The van der Waals surface area contributed by atoms with E-state index >= 15 is 0 Å². The minimum atomic E-state index is -0.910. The van der Waals surface area contributed by atoms with E-state index in [0.29, 0.717) is 5.56 Å². The molecule has 0 radical (unpaired) electrons. The molecule has 2 aromatic rings. The zero-order chi connectivity index (χ0) is 13.1. The summed E-state index contributed by atoms with van der Waals surface area (Å²) in [5.74, 6) is -0.910. The molecule has 0 amide bonds. The van der Waals surface area contributed by atoms with Crippen molar-refractivity contribution in [1.29, 1.82) is 0 Å². The maximum atomic E-state index is 11.0. The first-order valence-corrected chi connectivity index (χ1v) is 5.69. The molecule has 2 aromatic carbocycles. The summed E-state index contributed by atoms with van der Waals surface area (Å²) in [6.45, 7) is 5.76. The van der Waals surface area contributed by atoms with Gasteiger partial charge < -0.3 is 5.11 Å². The minimum absolute atomic E-state index is 0.300. The average molecular weight is 238 g/mol. The predicted octanol–water partition coefficient (Wildman–Crippen LogP) is 4.00. The summed E-state index contributed by atoms with van der Waals surface area (Å²) in [5.41, 5.74) is 4.30. The van der Waals surface area contributed by atoms with Crippen LogP contribution < -0.4 is 0 Å². The number of benzene rings is 2. The summed E-state index contributed by atoms with van der Waals surface area (Å²) in [7, 11) is 0. The lowest BCUT2D eigenvalue weighted by molar-refractivity contribution is 0.0697.